The monoisotopic (exact) mass is 817 g/mol. The van der Waals surface area contributed by atoms with Crippen LogP contribution in [-0.4, -0.2) is 62.0 Å². The van der Waals surface area contributed by atoms with Crippen LogP contribution in [0.2, 0.25) is 10.0 Å². The number of carboxylic acid groups (broad SMARTS) is 1. The molecule has 56 heavy (non-hydrogen) atoms. The lowest BCUT2D eigenvalue weighted by Crippen LogP contribution is -2.52. The molecule has 11 nitrogen and oxygen atoms in total. The van der Waals surface area contributed by atoms with Gasteiger partial charge in [0.1, 0.15) is 33.4 Å². The van der Waals surface area contributed by atoms with Gasteiger partial charge in [0.15, 0.2) is 23.9 Å². The van der Waals surface area contributed by atoms with Gasteiger partial charge in [0, 0.05) is 22.9 Å². The highest BCUT2D eigenvalue weighted by Crippen LogP contribution is 2.41. The van der Waals surface area contributed by atoms with Crippen LogP contribution in [0.25, 0.3) is 0 Å². The van der Waals surface area contributed by atoms with E-state index in [1.54, 1.807) is 12.1 Å². The summed E-state index contributed by atoms with van der Waals surface area (Å²) in [6.45, 7) is 2.93. The summed E-state index contributed by atoms with van der Waals surface area (Å²) in [6.07, 6.45) is 4.09. The standard InChI is InChI=1S/C42H41Cl2N3O8S/c1-52-36-12-11-27(18-37(36)53-2)31(20-33-34(43)21-47(51)22-35(33)44)32-19-30(56-40(32)41(48)49)24-54-29-10-6-9-28(17-29)39(26-7-4-3-5-8-26)45-42(50)55-38-23-46-15-13-25(38)14-16-46/h3-12,17-19,21-22,25,31,38-39H,13-16,20,23-24H2,1-2H3,(H,45,50)(H,48,49)/t31?,38-,39-/m0/s1. The number of fused-ring (bicyclic) bond motifs is 3. The zero-order valence-corrected chi connectivity index (χ0v) is 33.1. The summed E-state index contributed by atoms with van der Waals surface area (Å²) in [4.78, 5) is 29.3. The number of halogens is 2. The third-order valence-corrected chi connectivity index (χ3v) is 12.2. The van der Waals surface area contributed by atoms with Crippen molar-refractivity contribution in [3.8, 4) is 17.2 Å². The van der Waals surface area contributed by atoms with E-state index in [4.69, 9.17) is 42.1 Å². The van der Waals surface area contributed by atoms with E-state index in [0.29, 0.717) is 43.9 Å². The van der Waals surface area contributed by atoms with E-state index in [2.05, 4.69) is 10.2 Å². The minimum atomic E-state index is -1.10. The van der Waals surface area contributed by atoms with Gasteiger partial charge in [0.25, 0.3) is 0 Å². The number of pyridine rings is 1. The lowest BCUT2D eigenvalue weighted by molar-refractivity contribution is -0.605. The molecule has 3 aliphatic rings. The van der Waals surface area contributed by atoms with Crippen molar-refractivity contribution >= 4 is 46.6 Å². The molecule has 8 rings (SSSR count). The third-order valence-electron chi connectivity index (χ3n) is 10.5. The van der Waals surface area contributed by atoms with Crippen LogP contribution in [0.1, 0.15) is 67.2 Å². The Morgan fingerprint density at radius 2 is 1.64 bits per heavy atom. The van der Waals surface area contributed by atoms with E-state index in [9.17, 15) is 19.9 Å². The average molecular weight is 819 g/mol. The second kappa shape index (κ2) is 17.4. The van der Waals surface area contributed by atoms with Gasteiger partial charge in [0.05, 0.1) is 20.3 Å². The molecule has 3 fully saturated rings. The maximum absolute atomic E-state index is 13.3. The number of hydrogen-bond acceptors (Lipinski definition) is 9. The van der Waals surface area contributed by atoms with E-state index in [1.807, 2.05) is 66.7 Å². The summed E-state index contributed by atoms with van der Waals surface area (Å²) < 4.78 is 23.8. The fourth-order valence-corrected chi connectivity index (χ4v) is 9.21. The maximum atomic E-state index is 13.3. The molecule has 2 bridgehead atoms. The Bertz CT molecular complexity index is 2170. The molecule has 1 amide bonds. The van der Waals surface area contributed by atoms with Crippen molar-refractivity contribution in [2.24, 2.45) is 5.92 Å². The van der Waals surface area contributed by atoms with Gasteiger partial charge < -0.3 is 34.6 Å². The Morgan fingerprint density at radius 1 is 0.929 bits per heavy atom. The number of methoxy groups -OCH3 is 2. The molecule has 5 aromatic rings. The molecule has 3 saturated heterocycles. The number of benzene rings is 3. The number of carbonyl (C=O) groups excluding carboxylic acids is 1. The summed E-state index contributed by atoms with van der Waals surface area (Å²) >= 11 is 14.2. The number of thiophene rings is 1. The number of aromatic carboxylic acids is 1. The van der Waals surface area contributed by atoms with Crippen LogP contribution in [0.4, 0.5) is 4.79 Å². The van der Waals surface area contributed by atoms with Crippen LogP contribution < -0.4 is 24.3 Å². The third kappa shape index (κ3) is 8.84. The first kappa shape index (κ1) is 39.2. The first-order valence-electron chi connectivity index (χ1n) is 18.2. The van der Waals surface area contributed by atoms with Crippen LogP contribution in [0.3, 0.4) is 0 Å². The highest BCUT2D eigenvalue weighted by Gasteiger charge is 2.37. The van der Waals surface area contributed by atoms with Crippen LogP contribution in [0, 0.1) is 11.1 Å². The fourth-order valence-electron chi connectivity index (χ4n) is 7.64. The first-order valence-corrected chi connectivity index (χ1v) is 19.8. The number of hydrogen-bond donors (Lipinski definition) is 2. The topological polar surface area (TPSA) is 134 Å². The van der Waals surface area contributed by atoms with Gasteiger partial charge in [-0.3, -0.25) is 4.90 Å². The van der Waals surface area contributed by atoms with E-state index in [1.165, 1.54) is 26.6 Å². The molecule has 3 aromatic carbocycles. The lowest BCUT2D eigenvalue weighted by atomic mass is 9.85. The second-order valence-electron chi connectivity index (χ2n) is 13.9. The van der Waals surface area contributed by atoms with E-state index in [0.717, 1.165) is 60.5 Å². The molecule has 3 aliphatic heterocycles. The largest absolute Gasteiger partial charge is 0.619 e. The number of aromatic nitrogens is 1. The molecule has 0 saturated carbocycles. The number of amides is 1. The average Bonchev–Trinajstić information content (AvgIpc) is 3.64. The molecule has 1 unspecified atom stereocenters. The van der Waals surface area contributed by atoms with Crippen molar-refractivity contribution in [1.82, 2.24) is 10.2 Å². The van der Waals surface area contributed by atoms with Crippen molar-refractivity contribution in [3.05, 3.63) is 144 Å². The van der Waals surface area contributed by atoms with Crippen LogP contribution in [-0.2, 0) is 17.8 Å². The number of ether oxygens (including phenoxy) is 4. The van der Waals surface area contributed by atoms with Crippen LogP contribution >= 0.6 is 34.5 Å². The molecule has 14 heteroatoms. The minimum Gasteiger partial charge on any atom is -0.619 e. The predicted molar refractivity (Wildman–Crippen MR) is 213 cm³/mol. The molecule has 0 spiro atoms. The normalized spacial score (nSPS) is 18.5. The Morgan fingerprint density at radius 3 is 2.30 bits per heavy atom. The molecular formula is C42H41Cl2N3O8S. The summed E-state index contributed by atoms with van der Waals surface area (Å²) in [5, 5.41) is 25.9. The number of carbonyl (C=O) groups is 2. The zero-order valence-electron chi connectivity index (χ0n) is 30.8. The van der Waals surface area contributed by atoms with Crippen molar-refractivity contribution < 1.29 is 38.4 Å². The Hall–Kier alpha value is -5.01. The van der Waals surface area contributed by atoms with E-state index < -0.39 is 24.0 Å². The molecule has 5 heterocycles. The van der Waals surface area contributed by atoms with Gasteiger partial charge in [-0.05, 0) is 90.9 Å². The fraction of sp³-hybridized carbons (Fsp3) is 0.310. The van der Waals surface area contributed by atoms with Gasteiger partial charge in [-0.2, -0.15) is 4.73 Å². The maximum Gasteiger partial charge on any atom is 0.408 e. The molecule has 3 atom stereocenters. The Balaban J connectivity index is 1.15. The summed E-state index contributed by atoms with van der Waals surface area (Å²) in [5.41, 5.74) is 3.41. The zero-order chi connectivity index (χ0) is 39.3. The van der Waals surface area contributed by atoms with Gasteiger partial charge in [-0.15, -0.1) is 11.3 Å². The number of carboxylic acids is 1. The number of nitrogens with one attached hydrogen (secondary N) is 1. The SMILES string of the molecule is COc1ccc(C(Cc2c(Cl)c[n+]([O-])cc2Cl)c2cc(COc3cccc([C@@H](NC(=O)O[C@H]4CN5CCC4CC5)c4ccccc4)c3)sc2C(=O)O)cc1OC. The van der Waals surface area contributed by atoms with Gasteiger partial charge in [0.2, 0.25) is 0 Å². The number of rotatable bonds is 14. The number of nitrogens with zero attached hydrogens (tertiary/aromatic N) is 2. The van der Waals surface area contributed by atoms with Gasteiger partial charge >= 0.3 is 12.1 Å². The smallest absolute Gasteiger partial charge is 0.408 e. The lowest BCUT2D eigenvalue weighted by Gasteiger charge is -2.43. The Kier molecular flexibility index (Phi) is 12.2. The molecule has 292 valence electrons. The predicted octanol–water partition coefficient (Wildman–Crippen LogP) is 8.27. The van der Waals surface area contributed by atoms with Crippen LogP contribution in [0.5, 0.6) is 17.2 Å². The summed E-state index contributed by atoms with van der Waals surface area (Å²) in [7, 11) is 3.06. The van der Waals surface area contributed by atoms with Gasteiger partial charge in [-0.25, -0.2) is 9.59 Å². The van der Waals surface area contributed by atoms with Crippen molar-refractivity contribution in [2.45, 2.75) is 43.9 Å². The highest BCUT2D eigenvalue weighted by molar-refractivity contribution is 7.14. The molecular weight excluding hydrogens is 777 g/mol. The highest BCUT2D eigenvalue weighted by atomic mass is 35.5. The summed E-state index contributed by atoms with van der Waals surface area (Å²) in [5.74, 6) is 0.218. The Labute approximate surface area is 338 Å². The van der Waals surface area contributed by atoms with Crippen molar-refractivity contribution in [1.29, 1.82) is 0 Å². The van der Waals surface area contributed by atoms with E-state index in [-0.39, 0.29) is 34.1 Å². The molecule has 2 N–H and O–H groups in total. The molecule has 0 aliphatic carbocycles. The minimum absolute atomic E-state index is 0.0706. The number of piperidine rings is 3. The van der Waals surface area contributed by atoms with Crippen molar-refractivity contribution in [3.63, 3.8) is 0 Å². The quantitative estimate of drug-likeness (QED) is 0.0840. The van der Waals surface area contributed by atoms with E-state index >= 15 is 0 Å². The molecule has 0 radical (unpaired) electrons. The molecule has 2 aromatic heterocycles. The van der Waals surface area contributed by atoms with Crippen molar-refractivity contribution in [2.75, 3.05) is 33.9 Å². The second-order valence-corrected chi connectivity index (χ2v) is 15.8. The van der Waals surface area contributed by atoms with Crippen LogP contribution in [0.15, 0.2) is 91.3 Å². The summed E-state index contributed by atoms with van der Waals surface area (Å²) in [6, 6.07) is 23.8. The first-order chi connectivity index (χ1) is 27.1. The number of alkyl carbamates (subject to hydrolysis) is 1. The van der Waals surface area contributed by atoms with Gasteiger partial charge in [-0.1, -0.05) is 71.7 Å².